The quantitative estimate of drug-likeness (QED) is 0.0984. The molecule has 2 N–H and O–H groups in total. The molecule has 5 aromatic carbocycles. The van der Waals surface area contributed by atoms with Gasteiger partial charge >= 0.3 is 63.1 Å². The predicted octanol–water partition coefficient (Wildman–Crippen LogP) is 10.3. The number of phenolic OH excluding ortho intramolecular Hbond substituents is 2. The van der Waals surface area contributed by atoms with E-state index >= 15 is 0 Å². The molecule has 6 heteroatoms. The number of rotatable bonds is 7. The van der Waals surface area contributed by atoms with E-state index in [-0.39, 0.29) is 5.75 Å². The number of nitrogens with zero attached hydrogens (tertiary/aromatic N) is 3. The molecule has 0 aliphatic carbocycles. The third-order valence-corrected chi connectivity index (χ3v) is 9.53. The van der Waals surface area contributed by atoms with Gasteiger partial charge in [0.05, 0.1) is 5.69 Å². The zero-order valence-corrected chi connectivity index (χ0v) is 33.0. The number of para-hydroxylation sites is 3. The van der Waals surface area contributed by atoms with Gasteiger partial charge in [-0.1, -0.05) is 79.6 Å². The first kappa shape index (κ1) is 39.3. The van der Waals surface area contributed by atoms with Crippen molar-refractivity contribution in [2.75, 3.05) is 22.9 Å². The van der Waals surface area contributed by atoms with Gasteiger partial charge in [0, 0.05) is 36.2 Å². The molecule has 267 valence electrons. The van der Waals surface area contributed by atoms with Crippen LogP contribution in [0.25, 0.3) is 0 Å². The number of anilines is 2. The zero-order valence-electron chi connectivity index (χ0n) is 31.3. The molecule has 6 rings (SSSR count). The monoisotopic (exact) mass is 768 g/mol. The molecular weight excluding hydrogens is 716 g/mol. The molecule has 1 aliphatic heterocycles. The van der Waals surface area contributed by atoms with Gasteiger partial charge in [0.15, 0.2) is 0 Å². The van der Waals surface area contributed by atoms with Crippen LogP contribution in [0.5, 0.6) is 11.5 Å². The second-order valence-electron chi connectivity index (χ2n) is 13.1. The van der Waals surface area contributed by atoms with Crippen LogP contribution in [0.3, 0.4) is 0 Å². The summed E-state index contributed by atoms with van der Waals surface area (Å²) in [4.78, 5) is 9.41. The third-order valence-electron chi connectivity index (χ3n) is 8.99. The number of aryl methyl sites for hydroxylation is 8. The van der Waals surface area contributed by atoms with Gasteiger partial charge in [0.2, 0.25) is 0 Å². The summed E-state index contributed by atoms with van der Waals surface area (Å²) in [5, 5.41) is 18.8. The van der Waals surface area contributed by atoms with Crippen molar-refractivity contribution in [3.8, 4) is 11.5 Å². The molecule has 0 saturated carbocycles. The van der Waals surface area contributed by atoms with Gasteiger partial charge in [-0.3, -0.25) is 4.99 Å². The standard InChI is InChI=1S/C21H27N2.C17H19NO.C7H6O.Ru/c1-14-9-16(3)20(17(4)10-14)22-7-8-23(13-22)21-18(5)11-15(2)12-19(21)6;1-3-13-9-7-10-14(4-2)17(13)18-12-15-8-5-6-11-16(15)19;1-6-4-2-3-5-7(6)8;/h9-13H,7-8H2,1-6H3;5-12,19H,3-4H2,1-2H3;1-5,8H;/q-1;;;+1. The maximum absolute atomic E-state index is 9.75. The van der Waals surface area contributed by atoms with Gasteiger partial charge in [-0.05, 0) is 99.9 Å². The van der Waals surface area contributed by atoms with Crippen LogP contribution in [0.2, 0.25) is 0 Å². The van der Waals surface area contributed by atoms with E-state index in [2.05, 4.69) is 137 Å². The first-order chi connectivity index (χ1) is 24.5. The molecule has 0 amide bonds. The summed E-state index contributed by atoms with van der Waals surface area (Å²) in [7, 11) is 0. The molecule has 0 unspecified atom stereocenters. The summed E-state index contributed by atoms with van der Waals surface area (Å²) >= 11 is 2.36. The summed E-state index contributed by atoms with van der Waals surface area (Å²) in [5.74, 6) is 0.592. The van der Waals surface area contributed by atoms with Crippen LogP contribution in [0.1, 0.15) is 69.5 Å². The summed E-state index contributed by atoms with van der Waals surface area (Å²) < 4.78 is 1.80. The molecule has 1 aliphatic rings. The summed E-state index contributed by atoms with van der Waals surface area (Å²) in [6.07, 6.45) is 3.66. The summed E-state index contributed by atoms with van der Waals surface area (Å²) in [6, 6.07) is 29.9. The predicted molar refractivity (Wildman–Crippen MR) is 214 cm³/mol. The number of hydrogen-bond acceptors (Lipinski definition) is 5. The fourth-order valence-electron chi connectivity index (χ4n) is 6.77. The first-order valence-electron chi connectivity index (χ1n) is 17.6. The zero-order chi connectivity index (χ0) is 37.1. The maximum atomic E-state index is 9.75. The van der Waals surface area contributed by atoms with Gasteiger partial charge in [0.25, 0.3) is 0 Å². The Balaban J connectivity index is 0.000000187. The van der Waals surface area contributed by atoms with E-state index in [1.54, 1.807) is 29.0 Å². The van der Waals surface area contributed by atoms with Crippen molar-refractivity contribution in [2.45, 2.75) is 68.2 Å². The first-order valence-corrected chi connectivity index (χ1v) is 18.6. The van der Waals surface area contributed by atoms with E-state index in [4.69, 9.17) is 5.11 Å². The molecule has 0 spiro atoms. The van der Waals surface area contributed by atoms with Crippen molar-refractivity contribution in [3.05, 3.63) is 153 Å². The van der Waals surface area contributed by atoms with Crippen LogP contribution in [-0.2, 0) is 30.7 Å². The molecule has 0 bridgehead atoms. The molecule has 1 heterocycles. The van der Waals surface area contributed by atoms with Crippen LogP contribution in [-0.4, -0.2) is 34.1 Å². The van der Waals surface area contributed by atoms with Crippen molar-refractivity contribution < 1.29 is 28.1 Å². The molecule has 5 aromatic rings. The number of aromatic hydroxyl groups is 2. The van der Waals surface area contributed by atoms with Crippen molar-refractivity contribution in [3.63, 3.8) is 0 Å². The minimum absolute atomic E-state index is 0.262. The average Bonchev–Trinajstić information content (AvgIpc) is 3.56. The Labute approximate surface area is 315 Å². The van der Waals surface area contributed by atoms with E-state index in [0.717, 1.165) is 42.7 Å². The van der Waals surface area contributed by atoms with Crippen LogP contribution in [0.4, 0.5) is 17.1 Å². The number of hydrogen-bond donors (Lipinski definition) is 2. The van der Waals surface area contributed by atoms with E-state index in [0.29, 0.717) is 5.75 Å². The molecular formula is C45H52N3O2Ru. The Morgan fingerprint density at radius 2 is 1.04 bits per heavy atom. The van der Waals surface area contributed by atoms with E-state index in [9.17, 15) is 5.11 Å². The number of benzene rings is 5. The molecule has 0 aromatic heterocycles. The Bertz CT molecular complexity index is 1850. The van der Waals surface area contributed by atoms with E-state index in [1.165, 1.54) is 55.9 Å². The SMILES string of the molecule is CCc1cccc(CC)c1N=Cc1ccccc1O.Cc1cc(C)c(N2[CH-]N(c3c(C)cc(C)cc3C)CC2)c(C)c1.Oc1ccccc1[CH]=[Ru+]. The third kappa shape index (κ3) is 10.3. The fourth-order valence-corrected chi connectivity index (χ4v) is 7.20. The molecule has 1 fully saturated rings. The summed E-state index contributed by atoms with van der Waals surface area (Å²) in [6.45, 7) is 21.8. The van der Waals surface area contributed by atoms with Crippen LogP contribution < -0.4 is 9.80 Å². The number of phenols is 2. The van der Waals surface area contributed by atoms with Gasteiger partial charge in [-0.2, -0.15) is 6.67 Å². The second-order valence-corrected chi connectivity index (χ2v) is 13.6. The normalized spacial score (nSPS) is 12.3. The van der Waals surface area contributed by atoms with Crippen molar-refractivity contribution in [1.82, 2.24) is 0 Å². The molecule has 5 nitrogen and oxygen atoms in total. The molecule has 1 saturated heterocycles. The summed E-state index contributed by atoms with van der Waals surface area (Å²) in [5.41, 5.74) is 16.0. The van der Waals surface area contributed by atoms with E-state index in [1.807, 2.05) is 30.3 Å². The van der Waals surface area contributed by atoms with Crippen LogP contribution >= 0.6 is 0 Å². The fraction of sp³-hybridized carbons (Fsp3) is 0.267. The van der Waals surface area contributed by atoms with Crippen molar-refractivity contribution in [2.24, 2.45) is 4.99 Å². The van der Waals surface area contributed by atoms with E-state index < -0.39 is 0 Å². The Kier molecular flexibility index (Phi) is 14.3. The Morgan fingerprint density at radius 3 is 1.41 bits per heavy atom. The topological polar surface area (TPSA) is 59.3 Å². The van der Waals surface area contributed by atoms with Crippen molar-refractivity contribution in [1.29, 1.82) is 0 Å². The minimum atomic E-state index is 0.262. The Hall–Kier alpha value is -4.54. The van der Waals surface area contributed by atoms with Gasteiger partial charge in [-0.25, -0.2) is 0 Å². The van der Waals surface area contributed by atoms with Gasteiger partial charge in [0.1, 0.15) is 5.75 Å². The van der Waals surface area contributed by atoms with Crippen LogP contribution in [0, 0.1) is 48.2 Å². The molecule has 0 radical (unpaired) electrons. The average molecular weight is 768 g/mol. The van der Waals surface area contributed by atoms with Crippen LogP contribution in [0.15, 0.2) is 96.0 Å². The second kappa shape index (κ2) is 18.6. The molecule has 51 heavy (non-hydrogen) atoms. The Morgan fingerprint density at radius 1 is 0.627 bits per heavy atom. The van der Waals surface area contributed by atoms with Crippen molar-refractivity contribution >= 4 is 27.9 Å². The van der Waals surface area contributed by atoms with Gasteiger partial charge in [-0.15, -0.1) is 0 Å². The molecule has 0 atom stereocenters. The number of aliphatic imine (C=N–C) groups is 1. The van der Waals surface area contributed by atoms with Gasteiger partial charge < -0.3 is 14.9 Å².